The number of nitrogens with one attached hydrogen (secondary N) is 1. The van der Waals surface area contributed by atoms with Gasteiger partial charge >= 0.3 is 0 Å². The number of fused-ring (bicyclic) bond motifs is 1. The van der Waals surface area contributed by atoms with Crippen LogP contribution in [0, 0.1) is 0 Å². The second kappa shape index (κ2) is 7.59. The lowest BCUT2D eigenvalue weighted by Gasteiger charge is -2.19. The van der Waals surface area contributed by atoms with Crippen LogP contribution in [0.25, 0.3) is 0 Å². The van der Waals surface area contributed by atoms with E-state index in [9.17, 15) is 9.59 Å². The SMILES string of the molecule is CN(C)CCCNC1=C(Cl)C(=O)c2ccccc2C1=O.Cl. The predicted molar refractivity (Wildman–Crippen MR) is 86.4 cm³/mol. The van der Waals surface area contributed by atoms with Crippen LogP contribution < -0.4 is 5.32 Å². The Labute approximate surface area is 135 Å². The molecule has 6 heteroatoms. The van der Waals surface area contributed by atoms with Crippen molar-refractivity contribution in [2.75, 3.05) is 27.2 Å². The number of nitrogens with zero attached hydrogens (tertiary/aromatic N) is 1. The van der Waals surface area contributed by atoms with Gasteiger partial charge in [0.1, 0.15) is 10.7 Å². The minimum Gasteiger partial charge on any atom is -0.380 e. The number of halogens is 2. The number of allylic oxidation sites excluding steroid dienone is 2. The molecule has 0 atom stereocenters. The summed E-state index contributed by atoms with van der Waals surface area (Å²) in [7, 11) is 3.97. The molecule has 0 fully saturated rings. The predicted octanol–water partition coefficient (Wildman–Crippen LogP) is 2.48. The van der Waals surface area contributed by atoms with Crippen LogP contribution in [0.4, 0.5) is 0 Å². The molecule has 0 spiro atoms. The molecule has 0 aliphatic heterocycles. The summed E-state index contributed by atoms with van der Waals surface area (Å²) in [4.78, 5) is 26.5. The molecule has 0 unspecified atom stereocenters. The zero-order chi connectivity index (χ0) is 14.7. The second-order valence-electron chi connectivity index (χ2n) is 4.98. The van der Waals surface area contributed by atoms with Gasteiger partial charge in [0.2, 0.25) is 11.6 Å². The van der Waals surface area contributed by atoms with Gasteiger partial charge in [-0.15, -0.1) is 12.4 Å². The van der Waals surface area contributed by atoms with E-state index in [2.05, 4.69) is 10.2 Å². The average molecular weight is 329 g/mol. The number of hydrogen-bond acceptors (Lipinski definition) is 4. The monoisotopic (exact) mass is 328 g/mol. The van der Waals surface area contributed by atoms with E-state index in [1.165, 1.54) is 0 Å². The Balaban J connectivity index is 0.00000220. The molecule has 21 heavy (non-hydrogen) atoms. The third kappa shape index (κ3) is 3.84. The fourth-order valence-corrected chi connectivity index (χ4v) is 2.37. The minimum absolute atomic E-state index is 0. The molecule has 0 heterocycles. The molecule has 1 N–H and O–H groups in total. The van der Waals surface area contributed by atoms with Gasteiger partial charge < -0.3 is 10.2 Å². The highest BCUT2D eigenvalue weighted by Crippen LogP contribution is 2.26. The average Bonchev–Trinajstić information content (AvgIpc) is 2.44. The number of benzene rings is 1. The molecule has 1 aliphatic carbocycles. The third-order valence-electron chi connectivity index (χ3n) is 3.15. The highest BCUT2D eigenvalue weighted by atomic mass is 35.5. The van der Waals surface area contributed by atoms with Gasteiger partial charge in [-0.1, -0.05) is 35.9 Å². The Bertz CT molecular complexity index is 583. The molecule has 2 rings (SSSR count). The number of carbonyl (C=O) groups is 2. The molecule has 0 radical (unpaired) electrons. The normalized spacial score (nSPS) is 14.1. The first kappa shape index (κ1) is 17.7. The van der Waals surface area contributed by atoms with Crippen LogP contribution in [-0.2, 0) is 0 Å². The van der Waals surface area contributed by atoms with E-state index in [-0.39, 0.29) is 34.7 Å². The topological polar surface area (TPSA) is 49.4 Å². The lowest BCUT2D eigenvalue weighted by Crippen LogP contribution is -2.30. The van der Waals surface area contributed by atoms with E-state index in [4.69, 9.17) is 11.6 Å². The Hall–Kier alpha value is -1.36. The van der Waals surface area contributed by atoms with Crippen LogP contribution in [0.15, 0.2) is 35.0 Å². The lowest BCUT2D eigenvalue weighted by molar-refractivity contribution is 0.0974. The molecular weight excluding hydrogens is 311 g/mol. The second-order valence-corrected chi connectivity index (χ2v) is 5.35. The Kier molecular flexibility index (Phi) is 6.40. The van der Waals surface area contributed by atoms with Crippen molar-refractivity contribution in [2.24, 2.45) is 0 Å². The van der Waals surface area contributed by atoms with E-state index < -0.39 is 0 Å². The van der Waals surface area contributed by atoms with Crippen LogP contribution in [0.2, 0.25) is 0 Å². The van der Waals surface area contributed by atoms with Crippen molar-refractivity contribution in [3.63, 3.8) is 0 Å². The molecule has 0 saturated heterocycles. The third-order valence-corrected chi connectivity index (χ3v) is 3.51. The van der Waals surface area contributed by atoms with Gasteiger partial charge in [-0.05, 0) is 27.1 Å². The highest BCUT2D eigenvalue weighted by Gasteiger charge is 2.30. The van der Waals surface area contributed by atoms with E-state index >= 15 is 0 Å². The molecule has 1 aromatic carbocycles. The van der Waals surface area contributed by atoms with Crippen LogP contribution in [-0.4, -0.2) is 43.7 Å². The van der Waals surface area contributed by atoms with Gasteiger partial charge in [0.15, 0.2) is 0 Å². The molecule has 4 nitrogen and oxygen atoms in total. The zero-order valence-corrected chi connectivity index (χ0v) is 13.6. The minimum atomic E-state index is -0.294. The number of ketones is 2. The first-order valence-electron chi connectivity index (χ1n) is 6.49. The van der Waals surface area contributed by atoms with E-state index in [1.54, 1.807) is 24.3 Å². The Morgan fingerprint density at radius 1 is 1.10 bits per heavy atom. The first-order chi connectivity index (χ1) is 9.52. The summed E-state index contributed by atoms with van der Waals surface area (Å²) < 4.78 is 0. The summed E-state index contributed by atoms with van der Waals surface area (Å²) in [5, 5.41) is 2.98. The van der Waals surface area contributed by atoms with Crippen LogP contribution in [0.1, 0.15) is 27.1 Å². The quantitative estimate of drug-likeness (QED) is 0.843. The highest BCUT2D eigenvalue weighted by molar-refractivity contribution is 6.49. The largest absolute Gasteiger partial charge is 0.380 e. The van der Waals surface area contributed by atoms with Gasteiger partial charge in [0, 0.05) is 17.7 Å². The van der Waals surface area contributed by atoms with Gasteiger partial charge in [-0.3, -0.25) is 9.59 Å². The molecule has 1 aromatic rings. The maximum Gasteiger partial charge on any atom is 0.211 e. The van der Waals surface area contributed by atoms with Crippen molar-refractivity contribution >= 4 is 35.6 Å². The summed E-state index contributed by atoms with van der Waals surface area (Å²) in [6.45, 7) is 1.50. The van der Waals surface area contributed by atoms with Crippen molar-refractivity contribution in [1.82, 2.24) is 10.2 Å². The van der Waals surface area contributed by atoms with Crippen LogP contribution in [0.5, 0.6) is 0 Å². The molecule has 0 aromatic heterocycles. The lowest BCUT2D eigenvalue weighted by atomic mass is 9.92. The fraction of sp³-hybridized carbons (Fsp3) is 0.333. The number of hydrogen-bond donors (Lipinski definition) is 1. The first-order valence-corrected chi connectivity index (χ1v) is 6.87. The Morgan fingerprint density at radius 3 is 2.24 bits per heavy atom. The maximum atomic E-state index is 12.3. The molecule has 0 bridgehead atoms. The smallest absolute Gasteiger partial charge is 0.211 e. The van der Waals surface area contributed by atoms with Crippen molar-refractivity contribution in [3.05, 3.63) is 46.1 Å². The van der Waals surface area contributed by atoms with Gasteiger partial charge in [-0.25, -0.2) is 0 Å². The molecule has 1 aliphatic rings. The molecule has 0 saturated carbocycles. The molecular formula is C15H18Cl2N2O2. The molecule has 0 amide bonds. The van der Waals surface area contributed by atoms with Crippen molar-refractivity contribution in [3.8, 4) is 0 Å². The zero-order valence-electron chi connectivity index (χ0n) is 12.0. The fourth-order valence-electron chi connectivity index (χ4n) is 2.11. The van der Waals surface area contributed by atoms with Crippen LogP contribution >= 0.6 is 24.0 Å². The van der Waals surface area contributed by atoms with Crippen molar-refractivity contribution in [1.29, 1.82) is 0 Å². The van der Waals surface area contributed by atoms with Crippen molar-refractivity contribution < 1.29 is 9.59 Å². The van der Waals surface area contributed by atoms with E-state index in [0.29, 0.717) is 17.7 Å². The summed E-state index contributed by atoms with van der Waals surface area (Å²) in [6, 6.07) is 6.75. The van der Waals surface area contributed by atoms with Crippen molar-refractivity contribution in [2.45, 2.75) is 6.42 Å². The summed E-state index contributed by atoms with van der Waals surface area (Å²) in [5.74, 6) is -0.507. The Morgan fingerprint density at radius 2 is 1.67 bits per heavy atom. The van der Waals surface area contributed by atoms with E-state index in [1.807, 2.05) is 14.1 Å². The van der Waals surface area contributed by atoms with Gasteiger partial charge in [0.25, 0.3) is 0 Å². The summed E-state index contributed by atoms with van der Waals surface area (Å²) >= 11 is 6.03. The number of rotatable bonds is 5. The number of carbonyl (C=O) groups excluding carboxylic acids is 2. The van der Waals surface area contributed by atoms with Gasteiger partial charge in [0.05, 0.1) is 0 Å². The molecule has 114 valence electrons. The van der Waals surface area contributed by atoms with E-state index in [0.717, 1.165) is 13.0 Å². The van der Waals surface area contributed by atoms with Crippen LogP contribution in [0.3, 0.4) is 0 Å². The summed E-state index contributed by atoms with van der Waals surface area (Å²) in [5.41, 5.74) is 1.01. The maximum absolute atomic E-state index is 12.3. The number of Topliss-reactive ketones (excluding diaryl/α,β-unsaturated/α-hetero) is 2. The summed E-state index contributed by atoms with van der Waals surface area (Å²) in [6.07, 6.45) is 0.865. The van der Waals surface area contributed by atoms with Gasteiger partial charge in [-0.2, -0.15) is 0 Å². The standard InChI is InChI=1S/C15H17ClN2O2.ClH/c1-18(2)9-5-8-17-13-12(16)14(19)10-6-3-4-7-11(10)15(13)20;/h3-4,6-7,17H,5,8-9H2,1-2H3;1H.